The number of carbonyl (C=O) groups is 2. The van der Waals surface area contributed by atoms with E-state index in [0.29, 0.717) is 36.3 Å². The Morgan fingerprint density at radius 3 is 2.38 bits per heavy atom. The van der Waals surface area contributed by atoms with E-state index in [4.69, 9.17) is 9.72 Å². The minimum absolute atomic E-state index is 0.0219. The summed E-state index contributed by atoms with van der Waals surface area (Å²) >= 11 is 0. The molecule has 37 heavy (non-hydrogen) atoms. The van der Waals surface area contributed by atoms with Crippen molar-refractivity contribution in [3.63, 3.8) is 0 Å². The summed E-state index contributed by atoms with van der Waals surface area (Å²) in [6.07, 6.45) is -3.88. The number of fused-ring (bicyclic) bond motifs is 1. The molecule has 0 radical (unpaired) electrons. The molecule has 10 heteroatoms. The Morgan fingerprint density at radius 2 is 1.76 bits per heavy atom. The van der Waals surface area contributed by atoms with Gasteiger partial charge in [-0.1, -0.05) is 30.3 Å². The Labute approximate surface area is 212 Å². The molecule has 1 aromatic carbocycles. The largest absolute Gasteiger partial charge is 0.446 e. The SMILES string of the molecule is Cc1nc2c(c(=O)n1C(c1ccccc1)C1CC(=O)C1)CCN(C(=O)OC1CCC(C(F)(F)F)CC1)C2. The average Bonchev–Trinajstić information content (AvgIpc) is 2.85. The number of Topliss-reactive ketones (excluding diaryl/α,β-unsaturated/α-hetero) is 1. The van der Waals surface area contributed by atoms with Crippen LogP contribution in [0, 0.1) is 18.8 Å². The fourth-order valence-corrected chi connectivity index (χ4v) is 5.86. The number of carbonyl (C=O) groups excluding carboxylic acids is 2. The van der Waals surface area contributed by atoms with Crippen LogP contribution in [0.1, 0.15) is 67.2 Å². The molecule has 2 fully saturated rings. The van der Waals surface area contributed by atoms with Crippen LogP contribution >= 0.6 is 0 Å². The number of aromatic nitrogens is 2. The van der Waals surface area contributed by atoms with E-state index in [1.165, 1.54) is 4.90 Å². The number of hydrogen-bond acceptors (Lipinski definition) is 5. The first-order chi connectivity index (χ1) is 17.6. The Balaban J connectivity index is 1.32. The number of alkyl halides is 3. The van der Waals surface area contributed by atoms with E-state index in [1.807, 2.05) is 30.3 Å². The third kappa shape index (κ3) is 5.15. The molecule has 1 amide bonds. The zero-order valence-electron chi connectivity index (χ0n) is 20.7. The summed E-state index contributed by atoms with van der Waals surface area (Å²) in [5.74, 6) is -0.619. The number of ether oxygens (including phenoxy) is 1. The smallest absolute Gasteiger partial charge is 0.410 e. The molecule has 1 aliphatic heterocycles. The van der Waals surface area contributed by atoms with Crippen LogP contribution in [0.5, 0.6) is 0 Å². The number of amides is 1. The van der Waals surface area contributed by atoms with Gasteiger partial charge in [-0.05, 0) is 50.5 Å². The molecule has 1 atom stereocenters. The molecule has 0 N–H and O–H groups in total. The van der Waals surface area contributed by atoms with Gasteiger partial charge in [0.1, 0.15) is 17.7 Å². The highest BCUT2D eigenvalue weighted by Crippen LogP contribution is 2.39. The molecule has 2 heterocycles. The third-order valence-electron chi connectivity index (χ3n) is 7.95. The maximum Gasteiger partial charge on any atom is 0.410 e. The lowest BCUT2D eigenvalue weighted by molar-refractivity contribution is -0.186. The van der Waals surface area contributed by atoms with Crippen LogP contribution < -0.4 is 5.56 Å². The first kappa shape index (κ1) is 25.5. The number of hydrogen-bond donors (Lipinski definition) is 0. The minimum Gasteiger partial charge on any atom is -0.446 e. The molecule has 1 aromatic heterocycles. The van der Waals surface area contributed by atoms with Crippen LogP contribution in [-0.4, -0.2) is 45.2 Å². The maximum atomic E-state index is 13.7. The zero-order chi connectivity index (χ0) is 26.3. The quantitative estimate of drug-likeness (QED) is 0.586. The van der Waals surface area contributed by atoms with Crippen LogP contribution in [-0.2, 0) is 22.5 Å². The van der Waals surface area contributed by atoms with E-state index in [9.17, 15) is 27.6 Å². The second-order valence-electron chi connectivity index (χ2n) is 10.4. The first-order valence-corrected chi connectivity index (χ1v) is 12.8. The predicted molar refractivity (Wildman–Crippen MR) is 128 cm³/mol. The summed E-state index contributed by atoms with van der Waals surface area (Å²) in [6, 6.07) is 9.35. The topological polar surface area (TPSA) is 81.5 Å². The van der Waals surface area contributed by atoms with Gasteiger partial charge in [0.05, 0.1) is 24.2 Å². The average molecular weight is 518 g/mol. The Morgan fingerprint density at radius 1 is 1.08 bits per heavy atom. The van der Waals surface area contributed by atoms with Gasteiger partial charge in [0.15, 0.2) is 0 Å². The van der Waals surface area contributed by atoms with Crippen molar-refractivity contribution in [2.24, 2.45) is 11.8 Å². The number of ketones is 1. The van der Waals surface area contributed by atoms with Crippen molar-refractivity contribution >= 4 is 11.9 Å². The Kier molecular flexibility index (Phi) is 6.85. The van der Waals surface area contributed by atoms with Crippen LogP contribution in [0.15, 0.2) is 35.1 Å². The summed E-state index contributed by atoms with van der Waals surface area (Å²) in [7, 11) is 0. The van der Waals surface area contributed by atoms with Gasteiger partial charge >= 0.3 is 12.3 Å². The molecule has 5 rings (SSSR count). The Hall–Kier alpha value is -3.17. The molecule has 2 aromatic rings. The van der Waals surface area contributed by atoms with E-state index < -0.39 is 24.3 Å². The van der Waals surface area contributed by atoms with Gasteiger partial charge in [-0.3, -0.25) is 14.2 Å². The zero-order valence-corrected chi connectivity index (χ0v) is 20.7. The molecule has 1 unspecified atom stereocenters. The number of aryl methyl sites for hydroxylation is 1. The third-order valence-corrected chi connectivity index (χ3v) is 7.95. The molecule has 198 valence electrons. The lowest BCUT2D eigenvalue weighted by Crippen LogP contribution is -2.45. The van der Waals surface area contributed by atoms with Gasteiger partial charge in [-0.2, -0.15) is 13.2 Å². The molecule has 7 nitrogen and oxygen atoms in total. The van der Waals surface area contributed by atoms with Gasteiger partial charge in [-0.25, -0.2) is 9.78 Å². The summed E-state index contributed by atoms with van der Waals surface area (Å²) in [5, 5.41) is 0. The summed E-state index contributed by atoms with van der Waals surface area (Å²) in [5.41, 5.74) is 1.86. The second-order valence-corrected chi connectivity index (χ2v) is 10.4. The van der Waals surface area contributed by atoms with Crippen LogP contribution in [0.2, 0.25) is 0 Å². The van der Waals surface area contributed by atoms with Crippen molar-refractivity contribution < 1.29 is 27.5 Å². The lowest BCUT2D eigenvalue weighted by Gasteiger charge is -2.36. The fourth-order valence-electron chi connectivity index (χ4n) is 5.86. The number of nitrogens with zero attached hydrogens (tertiary/aromatic N) is 3. The van der Waals surface area contributed by atoms with Gasteiger partial charge < -0.3 is 9.64 Å². The number of rotatable bonds is 4. The van der Waals surface area contributed by atoms with Crippen LogP contribution in [0.4, 0.5) is 18.0 Å². The molecule has 2 aliphatic carbocycles. The molecular formula is C27H30F3N3O4. The molecule has 0 saturated heterocycles. The fraction of sp³-hybridized carbons (Fsp3) is 0.556. The first-order valence-electron chi connectivity index (χ1n) is 12.8. The van der Waals surface area contributed by atoms with E-state index in [1.54, 1.807) is 11.5 Å². The minimum atomic E-state index is -4.21. The van der Waals surface area contributed by atoms with Crippen molar-refractivity contribution in [3.8, 4) is 0 Å². The van der Waals surface area contributed by atoms with E-state index in [0.717, 1.165) is 5.56 Å². The standard InChI is InChI=1S/C27H30F3N3O4/c1-16-31-23-15-32(26(36)37-21-9-7-19(8-10-21)27(28,29)30)12-11-22(23)25(35)33(16)24(18-13-20(34)14-18)17-5-3-2-4-6-17/h2-6,18-19,21,24H,7-15H2,1H3. The van der Waals surface area contributed by atoms with Crippen molar-refractivity contribution in [2.75, 3.05) is 6.54 Å². The molecular weight excluding hydrogens is 487 g/mol. The molecule has 0 spiro atoms. The molecule has 0 bridgehead atoms. The van der Waals surface area contributed by atoms with Crippen molar-refractivity contribution in [1.82, 2.24) is 14.5 Å². The summed E-state index contributed by atoms with van der Waals surface area (Å²) in [4.78, 5) is 44.4. The van der Waals surface area contributed by atoms with Crippen molar-refractivity contribution in [2.45, 2.75) is 76.7 Å². The highest BCUT2D eigenvalue weighted by molar-refractivity contribution is 5.84. The van der Waals surface area contributed by atoms with E-state index in [-0.39, 0.29) is 62.1 Å². The lowest BCUT2D eigenvalue weighted by atomic mass is 9.76. The second kappa shape index (κ2) is 9.95. The highest BCUT2D eigenvalue weighted by Gasteiger charge is 2.42. The van der Waals surface area contributed by atoms with Gasteiger partial charge in [0.2, 0.25) is 0 Å². The maximum absolute atomic E-state index is 13.7. The molecule has 2 saturated carbocycles. The normalized spacial score (nSPS) is 23.2. The predicted octanol–water partition coefficient (Wildman–Crippen LogP) is 4.74. The van der Waals surface area contributed by atoms with Gasteiger partial charge in [0.25, 0.3) is 5.56 Å². The number of benzene rings is 1. The Bertz CT molecular complexity index is 1230. The van der Waals surface area contributed by atoms with Crippen LogP contribution in [0.25, 0.3) is 0 Å². The van der Waals surface area contributed by atoms with Crippen molar-refractivity contribution in [3.05, 3.63) is 63.3 Å². The van der Waals surface area contributed by atoms with Crippen LogP contribution in [0.3, 0.4) is 0 Å². The van der Waals surface area contributed by atoms with E-state index in [2.05, 4.69) is 0 Å². The van der Waals surface area contributed by atoms with Gasteiger partial charge in [0, 0.05) is 24.9 Å². The highest BCUT2D eigenvalue weighted by atomic mass is 19.4. The van der Waals surface area contributed by atoms with E-state index >= 15 is 0 Å². The monoisotopic (exact) mass is 517 g/mol. The van der Waals surface area contributed by atoms with Gasteiger partial charge in [-0.15, -0.1) is 0 Å². The number of halogens is 3. The van der Waals surface area contributed by atoms with Crippen molar-refractivity contribution in [1.29, 1.82) is 0 Å². The summed E-state index contributed by atoms with van der Waals surface area (Å²) in [6.45, 7) is 2.14. The summed E-state index contributed by atoms with van der Waals surface area (Å²) < 4.78 is 46.0. The molecule has 3 aliphatic rings.